The number of halogens is 1. The number of thiophene rings is 1. The lowest BCUT2D eigenvalue weighted by atomic mass is 10.4. The monoisotopic (exact) mass is 442 g/mol. The summed E-state index contributed by atoms with van der Waals surface area (Å²) >= 11 is 7.86. The Morgan fingerprint density at radius 2 is 2.21 bits per heavy atom. The van der Waals surface area contributed by atoms with Crippen LogP contribution in [0.2, 0.25) is 0 Å². The average Bonchev–Trinajstić information content (AvgIpc) is 3.20. The molecule has 0 spiro atoms. The van der Waals surface area contributed by atoms with Crippen molar-refractivity contribution in [3.8, 4) is 0 Å². The molecule has 1 N–H and O–H groups in total. The summed E-state index contributed by atoms with van der Waals surface area (Å²) in [4.78, 5) is 25.0. The highest BCUT2D eigenvalue weighted by atomic mass is 79.9. The number of rotatable bonds is 6. The van der Waals surface area contributed by atoms with Gasteiger partial charge in [0.25, 0.3) is 5.56 Å². The number of carbonyl (C=O) groups excluding carboxylic acids is 1. The van der Waals surface area contributed by atoms with Crippen molar-refractivity contribution in [3.63, 3.8) is 0 Å². The molecule has 6 nitrogen and oxygen atoms in total. The minimum Gasteiger partial charge on any atom is -0.305 e. The summed E-state index contributed by atoms with van der Waals surface area (Å²) in [6.07, 6.45) is 1.57. The maximum absolute atomic E-state index is 12.0. The molecule has 3 aromatic heterocycles. The fourth-order valence-corrected chi connectivity index (χ4v) is 4.71. The molecule has 1 amide bonds. The summed E-state index contributed by atoms with van der Waals surface area (Å²) in [7, 11) is 0. The van der Waals surface area contributed by atoms with E-state index in [0.717, 1.165) is 14.6 Å². The summed E-state index contributed by atoms with van der Waals surface area (Å²) in [6.45, 7) is -0.0739. The molecule has 3 heterocycles. The van der Waals surface area contributed by atoms with Crippen LogP contribution in [0.5, 0.6) is 0 Å². The van der Waals surface area contributed by atoms with Crippen LogP contribution in [0.25, 0.3) is 0 Å². The van der Waals surface area contributed by atoms with Crippen molar-refractivity contribution >= 4 is 61.4 Å². The number of nitrogens with one attached hydrogen (secondary N) is 1. The van der Waals surface area contributed by atoms with Gasteiger partial charge in [-0.05, 0) is 33.4 Å². The Labute approximate surface area is 158 Å². The van der Waals surface area contributed by atoms with Gasteiger partial charge in [-0.25, -0.2) is 0 Å². The fraction of sp³-hybridized carbons (Fsp3) is 0.143. The summed E-state index contributed by atoms with van der Waals surface area (Å²) in [5.74, 6) is 0.509. The summed E-state index contributed by atoms with van der Waals surface area (Å²) in [5.41, 5.74) is -0.238. The standard InChI is InChI=1S/C14H11BrN4O2S3/c15-9-3-4-12(21)19(6-9)7-11(20)16-13-17-18-14(24-13)23-8-10-2-1-5-22-10/h1-6H,7-8H2,(H,16,17,20). The smallest absolute Gasteiger partial charge is 0.251 e. The van der Waals surface area contributed by atoms with E-state index < -0.39 is 0 Å². The van der Waals surface area contributed by atoms with Crippen LogP contribution in [-0.4, -0.2) is 20.7 Å². The van der Waals surface area contributed by atoms with Gasteiger partial charge in [-0.15, -0.1) is 21.5 Å². The Morgan fingerprint density at radius 1 is 1.33 bits per heavy atom. The van der Waals surface area contributed by atoms with E-state index in [2.05, 4.69) is 37.5 Å². The lowest BCUT2D eigenvalue weighted by molar-refractivity contribution is -0.116. The van der Waals surface area contributed by atoms with Gasteiger partial charge in [0.2, 0.25) is 11.0 Å². The first kappa shape index (κ1) is 17.3. The van der Waals surface area contributed by atoms with E-state index in [-0.39, 0.29) is 18.0 Å². The fourth-order valence-electron chi connectivity index (χ4n) is 1.79. The number of nitrogens with zero attached hydrogens (tertiary/aromatic N) is 3. The number of amides is 1. The molecular weight excluding hydrogens is 432 g/mol. The molecule has 124 valence electrons. The molecule has 0 aliphatic heterocycles. The van der Waals surface area contributed by atoms with Crippen molar-refractivity contribution < 1.29 is 4.79 Å². The molecule has 0 aromatic carbocycles. The molecule has 0 saturated carbocycles. The van der Waals surface area contributed by atoms with E-state index in [0.29, 0.717) is 5.13 Å². The Bertz CT molecular complexity index is 892. The van der Waals surface area contributed by atoms with E-state index in [4.69, 9.17) is 0 Å². The number of pyridine rings is 1. The third kappa shape index (κ3) is 4.76. The van der Waals surface area contributed by atoms with Crippen molar-refractivity contribution in [2.24, 2.45) is 0 Å². The quantitative estimate of drug-likeness (QED) is 0.467. The lowest BCUT2D eigenvalue weighted by Gasteiger charge is -2.05. The molecule has 0 bridgehead atoms. The largest absolute Gasteiger partial charge is 0.305 e. The zero-order chi connectivity index (χ0) is 16.9. The molecule has 3 rings (SSSR count). The third-order valence-corrected chi connectivity index (χ3v) is 6.38. The maximum Gasteiger partial charge on any atom is 0.251 e. The topological polar surface area (TPSA) is 76.9 Å². The van der Waals surface area contributed by atoms with Gasteiger partial charge in [-0.1, -0.05) is 29.2 Å². The predicted molar refractivity (Wildman–Crippen MR) is 101 cm³/mol. The van der Waals surface area contributed by atoms with Crippen LogP contribution in [0.15, 0.2) is 49.4 Å². The van der Waals surface area contributed by atoms with E-state index in [1.165, 1.54) is 26.8 Å². The number of hydrogen-bond donors (Lipinski definition) is 1. The van der Waals surface area contributed by atoms with Gasteiger partial charge < -0.3 is 4.57 Å². The molecule has 0 radical (unpaired) electrons. The van der Waals surface area contributed by atoms with Crippen molar-refractivity contribution in [1.29, 1.82) is 0 Å². The number of aromatic nitrogens is 3. The van der Waals surface area contributed by atoms with Gasteiger partial charge in [0.15, 0.2) is 4.34 Å². The molecule has 0 fully saturated rings. The molecule has 24 heavy (non-hydrogen) atoms. The second-order valence-corrected chi connectivity index (χ2v) is 8.75. The minimum atomic E-state index is -0.318. The van der Waals surface area contributed by atoms with Gasteiger partial charge in [0.05, 0.1) is 0 Å². The minimum absolute atomic E-state index is 0.0739. The summed E-state index contributed by atoms with van der Waals surface area (Å²) in [5, 5.41) is 13.1. The molecule has 0 aliphatic rings. The highest BCUT2D eigenvalue weighted by Gasteiger charge is 2.10. The Morgan fingerprint density at radius 3 is 3.00 bits per heavy atom. The molecule has 3 aromatic rings. The Kier molecular flexibility index (Phi) is 5.82. The zero-order valence-electron chi connectivity index (χ0n) is 12.1. The van der Waals surface area contributed by atoms with E-state index in [1.54, 1.807) is 35.4 Å². The van der Waals surface area contributed by atoms with Crippen LogP contribution in [-0.2, 0) is 17.1 Å². The Hall–Kier alpha value is -1.49. The number of hydrogen-bond acceptors (Lipinski definition) is 7. The van der Waals surface area contributed by atoms with Crippen molar-refractivity contribution in [2.45, 2.75) is 16.6 Å². The van der Waals surface area contributed by atoms with E-state index >= 15 is 0 Å². The van der Waals surface area contributed by atoms with Gasteiger partial charge in [0, 0.05) is 27.4 Å². The summed E-state index contributed by atoms with van der Waals surface area (Å²) < 4.78 is 2.85. The van der Waals surface area contributed by atoms with Crippen LogP contribution < -0.4 is 10.9 Å². The third-order valence-electron chi connectivity index (χ3n) is 2.83. The van der Waals surface area contributed by atoms with Crippen molar-refractivity contribution in [2.75, 3.05) is 5.32 Å². The number of carbonyl (C=O) groups is 1. The number of anilines is 1. The predicted octanol–water partition coefficient (Wildman–Crippen LogP) is 3.45. The first-order chi connectivity index (χ1) is 11.6. The van der Waals surface area contributed by atoms with Crippen LogP contribution in [0.4, 0.5) is 5.13 Å². The van der Waals surface area contributed by atoms with Gasteiger partial charge in [-0.2, -0.15) is 0 Å². The molecular formula is C14H11BrN4O2S3. The number of thioether (sulfide) groups is 1. The molecule has 0 atom stereocenters. The van der Waals surface area contributed by atoms with Gasteiger partial charge in [-0.3, -0.25) is 14.9 Å². The second kappa shape index (κ2) is 8.06. The normalized spacial score (nSPS) is 10.7. The van der Waals surface area contributed by atoms with E-state index in [1.807, 2.05) is 11.4 Å². The van der Waals surface area contributed by atoms with Gasteiger partial charge in [0.1, 0.15) is 6.54 Å². The highest BCUT2D eigenvalue weighted by molar-refractivity contribution is 9.10. The molecule has 0 aliphatic carbocycles. The molecule has 0 unspecified atom stereocenters. The van der Waals surface area contributed by atoms with Crippen molar-refractivity contribution in [3.05, 3.63) is 55.5 Å². The second-order valence-electron chi connectivity index (χ2n) is 4.60. The van der Waals surface area contributed by atoms with Gasteiger partial charge >= 0.3 is 0 Å². The first-order valence-corrected chi connectivity index (χ1v) is 10.2. The highest BCUT2D eigenvalue weighted by Crippen LogP contribution is 2.29. The van der Waals surface area contributed by atoms with Crippen LogP contribution in [0, 0.1) is 0 Å². The van der Waals surface area contributed by atoms with E-state index in [9.17, 15) is 9.59 Å². The first-order valence-electron chi connectivity index (χ1n) is 6.75. The zero-order valence-corrected chi connectivity index (χ0v) is 16.2. The van der Waals surface area contributed by atoms with Crippen LogP contribution in [0.1, 0.15) is 4.88 Å². The molecule has 10 heteroatoms. The Balaban J connectivity index is 1.57. The summed E-state index contributed by atoms with van der Waals surface area (Å²) in [6, 6.07) is 7.12. The average molecular weight is 443 g/mol. The maximum atomic E-state index is 12.0. The molecule has 0 saturated heterocycles. The van der Waals surface area contributed by atoms with Crippen LogP contribution in [0.3, 0.4) is 0 Å². The van der Waals surface area contributed by atoms with Crippen molar-refractivity contribution in [1.82, 2.24) is 14.8 Å². The lowest BCUT2D eigenvalue weighted by Crippen LogP contribution is -2.26. The van der Waals surface area contributed by atoms with Crippen LogP contribution >= 0.6 is 50.4 Å². The SMILES string of the molecule is O=C(Cn1cc(Br)ccc1=O)Nc1nnc(SCc2cccs2)s1.